The topological polar surface area (TPSA) is 55.1 Å². The SMILES string of the molecule is CC1CCCC(CNC(=O)C2(N)CCCC2)C1.Cl. The van der Waals surface area contributed by atoms with Crippen LogP contribution in [0.15, 0.2) is 0 Å². The molecule has 2 rings (SSSR count). The molecule has 4 heteroatoms. The highest BCUT2D eigenvalue weighted by Crippen LogP contribution is 2.29. The van der Waals surface area contributed by atoms with Gasteiger partial charge in [0.15, 0.2) is 0 Å². The van der Waals surface area contributed by atoms with Crippen LogP contribution < -0.4 is 11.1 Å². The summed E-state index contributed by atoms with van der Waals surface area (Å²) in [6, 6.07) is 0. The smallest absolute Gasteiger partial charge is 0.240 e. The normalized spacial score (nSPS) is 30.6. The third-order valence-electron chi connectivity index (χ3n) is 4.54. The Hall–Kier alpha value is -0.280. The summed E-state index contributed by atoms with van der Waals surface area (Å²) in [4.78, 5) is 12.1. The van der Waals surface area contributed by atoms with Gasteiger partial charge >= 0.3 is 0 Å². The van der Waals surface area contributed by atoms with Gasteiger partial charge in [-0.05, 0) is 37.5 Å². The van der Waals surface area contributed by atoms with Gasteiger partial charge in [-0.2, -0.15) is 0 Å². The van der Waals surface area contributed by atoms with E-state index in [4.69, 9.17) is 5.73 Å². The third-order valence-corrected chi connectivity index (χ3v) is 4.54. The van der Waals surface area contributed by atoms with Crippen molar-refractivity contribution in [3.63, 3.8) is 0 Å². The van der Waals surface area contributed by atoms with Crippen molar-refractivity contribution < 1.29 is 4.79 Å². The number of carbonyl (C=O) groups excluding carboxylic acids is 1. The molecule has 0 aromatic heterocycles. The van der Waals surface area contributed by atoms with E-state index >= 15 is 0 Å². The van der Waals surface area contributed by atoms with Crippen LogP contribution in [0, 0.1) is 11.8 Å². The van der Waals surface area contributed by atoms with Crippen molar-refractivity contribution in [2.24, 2.45) is 17.6 Å². The predicted octanol–water partition coefficient (Wildman–Crippen LogP) is 2.62. The van der Waals surface area contributed by atoms with E-state index in [2.05, 4.69) is 12.2 Å². The summed E-state index contributed by atoms with van der Waals surface area (Å²) in [5.41, 5.74) is 5.58. The lowest BCUT2D eigenvalue weighted by Crippen LogP contribution is -2.52. The Balaban J connectivity index is 0.00000162. The number of nitrogens with two attached hydrogens (primary N) is 1. The second-order valence-electron chi connectivity index (χ2n) is 6.21. The van der Waals surface area contributed by atoms with Crippen LogP contribution in [0.4, 0.5) is 0 Å². The lowest BCUT2D eigenvalue weighted by Gasteiger charge is -2.29. The quantitative estimate of drug-likeness (QED) is 0.831. The van der Waals surface area contributed by atoms with Crippen LogP contribution in [0.2, 0.25) is 0 Å². The molecule has 2 aliphatic carbocycles. The van der Waals surface area contributed by atoms with Gasteiger partial charge in [-0.1, -0.05) is 32.6 Å². The molecular formula is C14H27ClN2O. The van der Waals surface area contributed by atoms with E-state index in [1.54, 1.807) is 0 Å². The largest absolute Gasteiger partial charge is 0.354 e. The molecule has 2 fully saturated rings. The van der Waals surface area contributed by atoms with Gasteiger partial charge in [-0.15, -0.1) is 12.4 Å². The summed E-state index contributed by atoms with van der Waals surface area (Å²) >= 11 is 0. The van der Waals surface area contributed by atoms with Gasteiger partial charge in [-0.25, -0.2) is 0 Å². The summed E-state index contributed by atoms with van der Waals surface area (Å²) in [7, 11) is 0. The molecular weight excluding hydrogens is 248 g/mol. The van der Waals surface area contributed by atoms with Crippen molar-refractivity contribution in [1.29, 1.82) is 0 Å². The fourth-order valence-electron chi connectivity index (χ4n) is 3.39. The molecule has 0 heterocycles. The Kier molecular flexibility index (Phi) is 5.93. The van der Waals surface area contributed by atoms with Gasteiger partial charge < -0.3 is 11.1 Å². The van der Waals surface area contributed by atoms with Gasteiger partial charge in [0.2, 0.25) is 5.91 Å². The first-order valence-corrected chi connectivity index (χ1v) is 7.17. The molecule has 0 aromatic carbocycles. The van der Waals surface area contributed by atoms with Gasteiger partial charge in [0.25, 0.3) is 0 Å². The second-order valence-corrected chi connectivity index (χ2v) is 6.21. The number of carbonyl (C=O) groups is 1. The molecule has 3 nitrogen and oxygen atoms in total. The number of hydrogen-bond acceptors (Lipinski definition) is 2. The molecule has 0 spiro atoms. The number of nitrogens with one attached hydrogen (secondary N) is 1. The average Bonchev–Trinajstić information content (AvgIpc) is 2.74. The molecule has 0 saturated heterocycles. The highest BCUT2D eigenvalue weighted by molar-refractivity contribution is 5.86. The first-order valence-electron chi connectivity index (χ1n) is 7.17. The number of amides is 1. The second kappa shape index (κ2) is 6.76. The molecule has 0 aromatic rings. The van der Waals surface area contributed by atoms with Crippen LogP contribution >= 0.6 is 12.4 Å². The van der Waals surface area contributed by atoms with Gasteiger partial charge in [0.1, 0.15) is 0 Å². The summed E-state index contributed by atoms with van der Waals surface area (Å²) in [6.45, 7) is 3.15. The lowest BCUT2D eigenvalue weighted by molar-refractivity contribution is -0.126. The summed E-state index contributed by atoms with van der Waals surface area (Å²) in [6.07, 6.45) is 9.12. The molecule has 0 radical (unpaired) electrons. The third kappa shape index (κ3) is 3.86. The number of hydrogen-bond donors (Lipinski definition) is 2. The molecule has 2 saturated carbocycles. The van der Waals surface area contributed by atoms with E-state index in [1.165, 1.54) is 25.7 Å². The van der Waals surface area contributed by atoms with E-state index in [0.29, 0.717) is 5.92 Å². The van der Waals surface area contributed by atoms with E-state index in [-0.39, 0.29) is 18.3 Å². The fraction of sp³-hybridized carbons (Fsp3) is 0.929. The molecule has 0 bridgehead atoms. The maximum absolute atomic E-state index is 12.1. The first kappa shape index (κ1) is 15.8. The van der Waals surface area contributed by atoms with Crippen LogP contribution in [0.1, 0.15) is 58.3 Å². The maximum Gasteiger partial charge on any atom is 0.240 e. The van der Waals surface area contributed by atoms with Crippen LogP contribution in [0.25, 0.3) is 0 Å². The first-order chi connectivity index (χ1) is 8.10. The Morgan fingerprint density at radius 3 is 2.56 bits per heavy atom. The van der Waals surface area contributed by atoms with E-state index in [9.17, 15) is 4.79 Å². The Morgan fingerprint density at radius 2 is 1.94 bits per heavy atom. The van der Waals surface area contributed by atoms with Gasteiger partial charge in [0.05, 0.1) is 5.54 Å². The van der Waals surface area contributed by atoms with Crippen LogP contribution in [-0.2, 0) is 4.79 Å². The Morgan fingerprint density at radius 1 is 1.28 bits per heavy atom. The molecule has 2 atom stereocenters. The van der Waals surface area contributed by atoms with Gasteiger partial charge in [0, 0.05) is 6.54 Å². The highest BCUT2D eigenvalue weighted by Gasteiger charge is 2.37. The molecule has 0 aliphatic heterocycles. The Labute approximate surface area is 117 Å². The molecule has 3 N–H and O–H groups in total. The lowest BCUT2D eigenvalue weighted by atomic mass is 9.82. The minimum absolute atomic E-state index is 0. The molecule has 2 aliphatic rings. The summed E-state index contributed by atoms with van der Waals surface area (Å²) in [5.74, 6) is 1.59. The Bertz CT molecular complexity index is 277. The molecule has 1 amide bonds. The summed E-state index contributed by atoms with van der Waals surface area (Å²) < 4.78 is 0. The van der Waals surface area contributed by atoms with Crippen LogP contribution in [0.5, 0.6) is 0 Å². The van der Waals surface area contributed by atoms with Crippen LogP contribution in [0.3, 0.4) is 0 Å². The van der Waals surface area contributed by atoms with Crippen LogP contribution in [-0.4, -0.2) is 18.0 Å². The fourth-order valence-corrected chi connectivity index (χ4v) is 3.39. The van der Waals surface area contributed by atoms with Crippen molar-refractivity contribution in [1.82, 2.24) is 5.32 Å². The van der Waals surface area contributed by atoms with Gasteiger partial charge in [-0.3, -0.25) is 4.79 Å². The molecule has 18 heavy (non-hydrogen) atoms. The van der Waals surface area contributed by atoms with Crippen molar-refractivity contribution in [3.8, 4) is 0 Å². The standard InChI is InChI=1S/C14H26N2O.ClH/c1-11-5-4-6-12(9-11)10-16-13(17)14(15)7-2-3-8-14;/h11-12H,2-10,15H2,1H3,(H,16,17);1H. The predicted molar refractivity (Wildman–Crippen MR) is 76.8 cm³/mol. The minimum Gasteiger partial charge on any atom is -0.354 e. The van der Waals surface area contributed by atoms with Crippen molar-refractivity contribution in [3.05, 3.63) is 0 Å². The van der Waals surface area contributed by atoms with Crippen molar-refractivity contribution in [2.45, 2.75) is 63.8 Å². The summed E-state index contributed by atoms with van der Waals surface area (Å²) in [5, 5.41) is 3.09. The van der Waals surface area contributed by atoms with E-state index < -0.39 is 5.54 Å². The van der Waals surface area contributed by atoms with E-state index in [1.807, 2.05) is 0 Å². The number of rotatable bonds is 3. The van der Waals surface area contributed by atoms with Crippen molar-refractivity contribution >= 4 is 18.3 Å². The number of halogens is 1. The monoisotopic (exact) mass is 274 g/mol. The molecule has 2 unspecified atom stereocenters. The zero-order valence-electron chi connectivity index (χ0n) is 11.4. The zero-order chi connectivity index (χ0) is 12.3. The maximum atomic E-state index is 12.1. The van der Waals surface area contributed by atoms with Crippen molar-refractivity contribution in [2.75, 3.05) is 6.54 Å². The molecule has 106 valence electrons. The zero-order valence-corrected chi connectivity index (χ0v) is 12.2. The average molecular weight is 275 g/mol. The van der Waals surface area contributed by atoms with E-state index in [0.717, 1.165) is 38.1 Å². The minimum atomic E-state index is -0.555. The highest BCUT2D eigenvalue weighted by atomic mass is 35.5.